The highest BCUT2D eigenvalue weighted by Crippen LogP contribution is 2.19. The molecule has 0 aliphatic rings. The van der Waals surface area contributed by atoms with Gasteiger partial charge in [0.2, 0.25) is 5.91 Å². The number of carbonyl (C=O) groups excluding carboxylic acids is 1. The molecule has 0 atom stereocenters. The van der Waals surface area contributed by atoms with Crippen molar-refractivity contribution < 1.29 is 9.18 Å². The van der Waals surface area contributed by atoms with E-state index in [-0.39, 0.29) is 17.5 Å². The molecule has 0 saturated heterocycles. The molecule has 2 aromatic rings. The Morgan fingerprint density at radius 1 is 1.29 bits per heavy atom. The Kier molecular flexibility index (Phi) is 4.75. The summed E-state index contributed by atoms with van der Waals surface area (Å²) in [6.45, 7) is -0.0201. The summed E-state index contributed by atoms with van der Waals surface area (Å²) >= 11 is 5.63. The second kappa shape index (κ2) is 6.73. The van der Waals surface area contributed by atoms with Gasteiger partial charge in [-0.25, -0.2) is 4.39 Å². The zero-order valence-corrected chi connectivity index (χ0v) is 11.6. The van der Waals surface area contributed by atoms with Crippen LogP contribution in [-0.2, 0) is 4.79 Å². The lowest BCUT2D eigenvalue weighted by Gasteiger charge is -2.09. The molecule has 0 unspecified atom stereocenters. The van der Waals surface area contributed by atoms with Crippen LogP contribution in [0.1, 0.15) is 5.56 Å². The van der Waals surface area contributed by atoms with Crippen LogP contribution >= 0.6 is 11.6 Å². The van der Waals surface area contributed by atoms with Gasteiger partial charge < -0.3 is 10.6 Å². The van der Waals surface area contributed by atoms with Crippen LogP contribution in [0.5, 0.6) is 0 Å². The predicted molar refractivity (Wildman–Crippen MR) is 79.7 cm³/mol. The topological polar surface area (TPSA) is 64.9 Å². The fourth-order valence-corrected chi connectivity index (χ4v) is 1.87. The van der Waals surface area contributed by atoms with Crippen LogP contribution in [-0.4, -0.2) is 12.5 Å². The zero-order valence-electron chi connectivity index (χ0n) is 10.9. The minimum Gasteiger partial charge on any atom is -0.375 e. The van der Waals surface area contributed by atoms with Gasteiger partial charge in [-0.3, -0.25) is 4.79 Å². The Bertz CT molecular complexity index is 712. The average Bonchev–Trinajstić information content (AvgIpc) is 2.49. The maximum absolute atomic E-state index is 13.0. The first-order chi connectivity index (χ1) is 10.1. The molecule has 0 spiro atoms. The third kappa shape index (κ3) is 3.94. The summed E-state index contributed by atoms with van der Waals surface area (Å²) in [5.74, 6) is -0.874. The van der Waals surface area contributed by atoms with E-state index in [1.807, 2.05) is 6.07 Å². The second-order valence-corrected chi connectivity index (χ2v) is 4.60. The maximum atomic E-state index is 13.0. The van der Waals surface area contributed by atoms with Gasteiger partial charge >= 0.3 is 0 Å². The molecule has 0 saturated carbocycles. The SMILES string of the molecule is N#Cc1ccccc1NCC(=O)Nc1ccc(F)c(Cl)c1. The van der Waals surface area contributed by atoms with Crippen LogP contribution in [0.15, 0.2) is 42.5 Å². The lowest BCUT2D eigenvalue weighted by atomic mass is 10.2. The van der Waals surface area contributed by atoms with Crippen LogP contribution < -0.4 is 10.6 Å². The smallest absolute Gasteiger partial charge is 0.243 e. The van der Waals surface area contributed by atoms with Crippen LogP contribution in [0.4, 0.5) is 15.8 Å². The second-order valence-electron chi connectivity index (χ2n) is 4.19. The molecule has 2 N–H and O–H groups in total. The first-order valence-corrected chi connectivity index (χ1v) is 6.46. The van der Waals surface area contributed by atoms with Crippen molar-refractivity contribution in [2.45, 2.75) is 0 Å². The van der Waals surface area contributed by atoms with Crippen LogP contribution in [0.3, 0.4) is 0 Å². The first kappa shape index (κ1) is 14.8. The number of nitrogens with zero attached hydrogens (tertiary/aromatic N) is 1. The summed E-state index contributed by atoms with van der Waals surface area (Å²) in [6, 6.07) is 12.8. The quantitative estimate of drug-likeness (QED) is 0.910. The van der Waals surface area contributed by atoms with Gasteiger partial charge in [0.1, 0.15) is 11.9 Å². The summed E-state index contributed by atoms with van der Waals surface area (Å²) < 4.78 is 13.0. The minimum absolute atomic E-state index is 0.0201. The molecule has 2 aromatic carbocycles. The highest BCUT2D eigenvalue weighted by molar-refractivity contribution is 6.31. The van der Waals surface area contributed by atoms with E-state index < -0.39 is 5.82 Å². The molecule has 0 fully saturated rings. The van der Waals surface area contributed by atoms with E-state index in [0.29, 0.717) is 16.9 Å². The zero-order chi connectivity index (χ0) is 15.2. The van der Waals surface area contributed by atoms with Crippen molar-refractivity contribution >= 4 is 28.9 Å². The van der Waals surface area contributed by atoms with E-state index >= 15 is 0 Å². The first-order valence-electron chi connectivity index (χ1n) is 6.08. The van der Waals surface area contributed by atoms with Gasteiger partial charge in [0.15, 0.2) is 0 Å². The van der Waals surface area contributed by atoms with Crippen molar-refractivity contribution in [3.63, 3.8) is 0 Å². The summed E-state index contributed by atoms with van der Waals surface area (Å²) in [7, 11) is 0. The molecule has 2 rings (SSSR count). The van der Waals surface area contributed by atoms with E-state index in [2.05, 4.69) is 10.6 Å². The van der Waals surface area contributed by atoms with Crippen LogP contribution in [0.2, 0.25) is 5.02 Å². The average molecular weight is 304 g/mol. The van der Waals surface area contributed by atoms with Crippen molar-refractivity contribution in [2.24, 2.45) is 0 Å². The number of carbonyl (C=O) groups is 1. The lowest BCUT2D eigenvalue weighted by molar-refractivity contribution is -0.114. The molecule has 0 aliphatic carbocycles. The van der Waals surface area contributed by atoms with Crippen molar-refractivity contribution in [3.8, 4) is 6.07 Å². The molecule has 0 radical (unpaired) electrons. The standard InChI is InChI=1S/C15H11ClFN3O/c16-12-7-11(5-6-13(12)17)20-15(21)9-19-14-4-2-1-3-10(14)8-18/h1-7,19H,9H2,(H,20,21). The molecule has 0 aromatic heterocycles. The number of benzene rings is 2. The summed E-state index contributed by atoms with van der Waals surface area (Å²) in [5.41, 5.74) is 1.43. The third-order valence-electron chi connectivity index (χ3n) is 2.69. The monoisotopic (exact) mass is 303 g/mol. The number of hydrogen-bond donors (Lipinski definition) is 2. The van der Waals surface area contributed by atoms with Crippen LogP contribution in [0, 0.1) is 17.1 Å². The molecule has 0 aliphatic heterocycles. The van der Waals surface area contributed by atoms with Crippen molar-refractivity contribution in [1.29, 1.82) is 5.26 Å². The Morgan fingerprint density at radius 3 is 2.76 bits per heavy atom. The largest absolute Gasteiger partial charge is 0.375 e. The highest BCUT2D eigenvalue weighted by Gasteiger charge is 2.06. The summed E-state index contributed by atoms with van der Waals surface area (Å²) in [6.07, 6.45) is 0. The Balaban J connectivity index is 1.96. The fraction of sp³-hybridized carbons (Fsp3) is 0.0667. The van der Waals surface area contributed by atoms with Crippen molar-refractivity contribution in [1.82, 2.24) is 0 Å². The number of rotatable bonds is 4. The van der Waals surface area contributed by atoms with Gasteiger partial charge in [-0.05, 0) is 30.3 Å². The number of nitriles is 1. The van der Waals surface area contributed by atoms with Gasteiger partial charge in [0, 0.05) is 5.69 Å². The lowest BCUT2D eigenvalue weighted by Crippen LogP contribution is -2.22. The number of hydrogen-bond acceptors (Lipinski definition) is 3. The molecular formula is C15H11ClFN3O. The summed E-state index contributed by atoms with van der Waals surface area (Å²) in [4.78, 5) is 11.8. The van der Waals surface area contributed by atoms with E-state index in [9.17, 15) is 9.18 Å². The summed E-state index contributed by atoms with van der Waals surface area (Å²) in [5, 5.41) is 14.3. The van der Waals surface area contributed by atoms with E-state index in [1.54, 1.807) is 24.3 Å². The van der Waals surface area contributed by atoms with Gasteiger partial charge in [0.25, 0.3) is 0 Å². The number of anilines is 2. The van der Waals surface area contributed by atoms with Gasteiger partial charge in [-0.15, -0.1) is 0 Å². The molecule has 6 heteroatoms. The number of amides is 1. The van der Waals surface area contributed by atoms with E-state index in [4.69, 9.17) is 16.9 Å². The van der Waals surface area contributed by atoms with E-state index in [1.165, 1.54) is 18.2 Å². The predicted octanol–water partition coefficient (Wildman–Crippen LogP) is 3.40. The molecule has 4 nitrogen and oxygen atoms in total. The molecule has 0 heterocycles. The normalized spacial score (nSPS) is 9.76. The third-order valence-corrected chi connectivity index (χ3v) is 2.98. The Labute approximate surface area is 126 Å². The van der Waals surface area contributed by atoms with Gasteiger partial charge in [0.05, 0.1) is 22.8 Å². The molecule has 106 valence electrons. The minimum atomic E-state index is -0.546. The van der Waals surface area contributed by atoms with Crippen molar-refractivity contribution in [3.05, 3.63) is 58.9 Å². The molecule has 0 bridgehead atoms. The molecule has 1 amide bonds. The fourth-order valence-electron chi connectivity index (χ4n) is 1.69. The Hall–Kier alpha value is -2.58. The van der Waals surface area contributed by atoms with Crippen LogP contribution in [0.25, 0.3) is 0 Å². The maximum Gasteiger partial charge on any atom is 0.243 e. The van der Waals surface area contributed by atoms with E-state index in [0.717, 1.165) is 0 Å². The number of halogens is 2. The van der Waals surface area contributed by atoms with Gasteiger partial charge in [-0.2, -0.15) is 5.26 Å². The Morgan fingerprint density at radius 2 is 2.05 bits per heavy atom. The van der Waals surface area contributed by atoms with Gasteiger partial charge in [-0.1, -0.05) is 23.7 Å². The van der Waals surface area contributed by atoms with Crippen molar-refractivity contribution in [2.75, 3.05) is 17.2 Å². The highest BCUT2D eigenvalue weighted by atomic mass is 35.5. The molecular weight excluding hydrogens is 293 g/mol. The molecule has 21 heavy (non-hydrogen) atoms. The number of para-hydroxylation sites is 1. The number of nitrogens with one attached hydrogen (secondary N) is 2.